The van der Waals surface area contributed by atoms with Crippen molar-refractivity contribution in [2.45, 2.75) is 19.8 Å². The number of carbonyl (C=O) groups is 2. The Morgan fingerprint density at radius 3 is 2.12 bits per heavy atom. The summed E-state index contributed by atoms with van der Waals surface area (Å²) in [4.78, 5) is 25.0. The number of benzene rings is 1. The fourth-order valence-electron chi connectivity index (χ4n) is 3.24. The number of hydrogen-bond acceptors (Lipinski definition) is 7. The van der Waals surface area contributed by atoms with Gasteiger partial charge in [0.2, 0.25) is 0 Å². The summed E-state index contributed by atoms with van der Waals surface area (Å²) in [5, 5.41) is 3.06. The Bertz CT molecular complexity index is 827. The molecular formula is C19H19NO6. The van der Waals surface area contributed by atoms with Crippen LogP contribution in [0.25, 0.3) is 0 Å². The quantitative estimate of drug-likeness (QED) is 0.832. The SMILES string of the molecule is COC(=O)C1=C(C)NC(C)=C(C(=O)OC)C1c1cccc2c1OC=CO2. The van der Waals surface area contributed by atoms with Gasteiger partial charge in [-0.25, -0.2) is 9.59 Å². The van der Waals surface area contributed by atoms with Crippen molar-refractivity contribution in [1.29, 1.82) is 0 Å². The van der Waals surface area contributed by atoms with Gasteiger partial charge in [-0.3, -0.25) is 0 Å². The van der Waals surface area contributed by atoms with E-state index >= 15 is 0 Å². The van der Waals surface area contributed by atoms with Gasteiger partial charge in [0.25, 0.3) is 0 Å². The van der Waals surface area contributed by atoms with Gasteiger partial charge in [-0.05, 0) is 19.9 Å². The highest BCUT2D eigenvalue weighted by Gasteiger charge is 2.39. The van der Waals surface area contributed by atoms with Crippen LogP contribution in [0, 0.1) is 0 Å². The molecule has 7 heteroatoms. The van der Waals surface area contributed by atoms with Crippen molar-refractivity contribution in [2.75, 3.05) is 14.2 Å². The first kappa shape index (κ1) is 17.6. The molecule has 3 rings (SSSR count). The maximum Gasteiger partial charge on any atom is 0.336 e. The Morgan fingerprint density at radius 2 is 1.54 bits per heavy atom. The average molecular weight is 357 g/mol. The Balaban J connectivity index is 2.26. The second-order valence-electron chi connectivity index (χ2n) is 5.80. The summed E-state index contributed by atoms with van der Waals surface area (Å²) in [6.45, 7) is 3.51. The van der Waals surface area contributed by atoms with Crippen molar-refractivity contribution in [1.82, 2.24) is 5.32 Å². The van der Waals surface area contributed by atoms with Crippen LogP contribution in [-0.2, 0) is 19.1 Å². The highest BCUT2D eigenvalue weighted by Crippen LogP contribution is 2.46. The lowest BCUT2D eigenvalue weighted by molar-refractivity contribution is -0.137. The summed E-state index contributed by atoms with van der Waals surface area (Å²) in [6, 6.07) is 5.29. The zero-order chi connectivity index (χ0) is 18.8. The monoisotopic (exact) mass is 357 g/mol. The number of para-hydroxylation sites is 1. The number of rotatable bonds is 3. The molecule has 0 aliphatic carbocycles. The van der Waals surface area contributed by atoms with Crippen LogP contribution in [0.3, 0.4) is 0 Å². The number of nitrogens with one attached hydrogen (secondary N) is 1. The van der Waals surface area contributed by atoms with E-state index in [9.17, 15) is 9.59 Å². The predicted octanol–water partition coefficient (Wildman–Crippen LogP) is 2.51. The Kier molecular flexibility index (Phi) is 4.71. The van der Waals surface area contributed by atoms with E-state index in [4.69, 9.17) is 18.9 Å². The standard InChI is InChI=1S/C19H19NO6/c1-10-14(18(21)23-3)16(15(11(2)20-10)19(22)24-4)12-6-5-7-13-17(12)26-9-8-25-13/h5-9,16,20H,1-4H3. The normalized spacial score (nSPS) is 16.3. The topological polar surface area (TPSA) is 83.1 Å². The Hall–Kier alpha value is -3.22. The molecule has 0 fully saturated rings. The number of carbonyl (C=O) groups excluding carboxylic acids is 2. The number of hydrogen-bond donors (Lipinski definition) is 1. The first-order valence-corrected chi connectivity index (χ1v) is 7.96. The molecule has 0 saturated heterocycles. The molecule has 136 valence electrons. The number of allylic oxidation sites excluding steroid dienone is 2. The van der Waals surface area contributed by atoms with E-state index in [0.717, 1.165) is 0 Å². The second kappa shape index (κ2) is 6.95. The molecule has 26 heavy (non-hydrogen) atoms. The van der Waals surface area contributed by atoms with Gasteiger partial charge in [-0.2, -0.15) is 0 Å². The average Bonchev–Trinajstić information content (AvgIpc) is 2.65. The van der Waals surface area contributed by atoms with Crippen molar-refractivity contribution < 1.29 is 28.5 Å². The maximum absolute atomic E-state index is 12.5. The molecule has 0 amide bonds. The van der Waals surface area contributed by atoms with Gasteiger partial charge in [0.15, 0.2) is 11.5 Å². The number of dihydropyridines is 1. The maximum atomic E-state index is 12.5. The van der Waals surface area contributed by atoms with Gasteiger partial charge >= 0.3 is 11.9 Å². The fraction of sp³-hybridized carbons (Fsp3) is 0.263. The van der Waals surface area contributed by atoms with Crippen LogP contribution in [0.15, 0.2) is 53.3 Å². The van der Waals surface area contributed by atoms with Crippen molar-refractivity contribution in [2.24, 2.45) is 0 Å². The largest absolute Gasteiger partial charge is 0.466 e. The summed E-state index contributed by atoms with van der Waals surface area (Å²) >= 11 is 0. The van der Waals surface area contributed by atoms with Crippen molar-refractivity contribution >= 4 is 11.9 Å². The predicted molar refractivity (Wildman–Crippen MR) is 92.1 cm³/mol. The van der Waals surface area contributed by atoms with E-state index in [1.807, 2.05) is 0 Å². The lowest BCUT2D eigenvalue weighted by Gasteiger charge is -2.31. The summed E-state index contributed by atoms with van der Waals surface area (Å²) in [6.07, 6.45) is 2.81. The fourth-order valence-corrected chi connectivity index (χ4v) is 3.24. The molecule has 7 nitrogen and oxygen atoms in total. The van der Waals surface area contributed by atoms with E-state index in [-0.39, 0.29) is 0 Å². The summed E-state index contributed by atoms with van der Waals surface area (Å²) in [5.74, 6) is -0.878. The molecule has 1 N–H and O–H groups in total. The van der Waals surface area contributed by atoms with Crippen LogP contribution in [0.5, 0.6) is 11.5 Å². The van der Waals surface area contributed by atoms with Crippen LogP contribution in [0.2, 0.25) is 0 Å². The molecular weight excluding hydrogens is 338 g/mol. The van der Waals surface area contributed by atoms with Crippen LogP contribution in [-0.4, -0.2) is 26.2 Å². The smallest absolute Gasteiger partial charge is 0.336 e. The third-order valence-electron chi connectivity index (χ3n) is 4.33. The molecule has 2 heterocycles. The molecule has 0 atom stereocenters. The van der Waals surface area contributed by atoms with Crippen LogP contribution < -0.4 is 14.8 Å². The minimum absolute atomic E-state index is 0.310. The van der Waals surface area contributed by atoms with Gasteiger partial charge in [0.05, 0.1) is 31.3 Å². The number of ether oxygens (including phenoxy) is 4. The summed E-state index contributed by atoms with van der Waals surface area (Å²) in [5.41, 5.74) is 2.41. The molecule has 0 bridgehead atoms. The second-order valence-corrected chi connectivity index (χ2v) is 5.80. The number of esters is 2. The lowest BCUT2D eigenvalue weighted by Crippen LogP contribution is -2.32. The zero-order valence-corrected chi connectivity index (χ0v) is 14.9. The van der Waals surface area contributed by atoms with Gasteiger partial charge in [0, 0.05) is 17.0 Å². The number of methoxy groups -OCH3 is 2. The van der Waals surface area contributed by atoms with Crippen LogP contribution in [0.4, 0.5) is 0 Å². The summed E-state index contributed by atoms with van der Waals surface area (Å²) in [7, 11) is 2.59. The van der Waals surface area contributed by atoms with Gasteiger partial charge in [0.1, 0.15) is 12.5 Å². The molecule has 2 aliphatic heterocycles. The lowest BCUT2D eigenvalue weighted by atomic mass is 9.80. The zero-order valence-electron chi connectivity index (χ0n) is 14.9. The first-order chi connectivity index (χ1) is 12.5. The van der Waals surface area contributed by atoms with E-state index in [1.54, 1.807) is 32.0 Å². The minimum Gasteiger partial charge on any atom is -0.466 e. The van der Waals surface area contributed by atoms with Crippen molar-refractivity contribution in [3.05, 3.63) is 58.8 Å². The molecule has 0 unspecified atom stereocenters. The minimum atomic E-state index is -0.721. The van der Waals surface area contributed by atoms with Gasteiger partial charge in [-0.15, -0.1) is 0 Å². The van der Waals surface area contributed by atoms with Gasteiger partial charge in [-0.1, -0.05) is 12.1 Å². The van der Waals surface area contributed by atoms with E-state index < -0.39 is 17.9 Å². The van der Waals surface area contributed by atoms with Crippen LogP contribution in [0.1, 0.15) is 25.3 Å². The highest BCUT2D eigenvalue weighted by atomic mass is 16.5. The third kappa shape index (κ3) is 2.81. The van der Waals surface area contributed by atoms with E-state index in [2.05, 4.69) is 5.32 Å². The molecule has 0 saturated carbocycles. The highest BCUT2D eigenvalue weighted by molar-refractivity contribution is 6.00. The van der Waals surface area contributed by atoms with E-state index in [1.165, 1.54) is 26.7 Å². The third-order valence-corrected chi connectivity index (χ3v) is 4.33. The van der Waals surface area contributed by atoms with Crippen molar-refractivity contribution in [3.63, 3.8) is 0 Å². The molecule has 0 spiro atoms. The first-order valence-electron chi connectivity index (χ1n) is 7.96. The van der Waals surface area contributed by atoms with Gasteiger partial charge < -0.3 is 24.3 Å². The molecule has 0 radical (unpaired) electrons. The Labute approximate surface area is 150 Å². The molecule has 0 aromatic heterocycles. The Morgan fingerprint density at radius 1 is 0.962 bits per heavy atom. The molecule has 1 aromatic rings. The van der Waals surface area contributed by atoms with Crippen LogP contribution >= 0.6 is 0 Å². The van der Waals surface area contributed by atoms with E-state index in [0.29, 0.717) is 39.6 Å². The summed E-state index contributed by atoms with van der Waals surface area (Å²) < 4.78 is 21.0. The molecule has 1 aromatic carbocycles. The number of fused-ring (bicyclic) bond motifs is 1. The van der Waals surface area contributed by atoms with Crippen molar-refractivity contribution in [3.8, 4) is 11.5 Å². The molecule has 2 aliphatic rings.